The average Bonchev–Trinajstić information content (AvgIpc) is 3.16. The molecule has 0 saturated heterocycles. The smallest absolute Gasteiger partial charge is 0.251 e. The van der Waals surface area contributed by atoms with E-state index in [-0.39, 0.29) is 5.91 Å². The van der Waals surface area contributed by atoms with Crippen LogP contribution >= 0.6 is 0 Å². The van der Waals surface area contributed by atoms with Crippen molar-refractivity contribution in [3.05, 3.63) is 83.9 Å². The maximum absolute atomic E-state index is 12.4. The molecule has 2 aromatic carbocycles. The molecule has 1 aromatic heterocycles. The fourth-order valence-electron chi connectivity index (χ4n) is 2.80. The molecule has 3 aromatic rings. The van der Waals surface area contributed by atoms with Crippen molar-refractivity contribution in [1.82, 2.24) is 20.1 Å². The largest absolute Gasteiger partial charge is 0.351 e. The highest BCUT2D eigenvalue weighted by Crippen LogP contribution is 2.18. The van der Waals surface area contributed by atoms with E-state index in [1.165, 1.54) is 11.9 Å². The van der Waals surface area contributed by atoms with Crippen LogP contribution in [-0.2, 0) is 6.54 Å². The Labute approximate surface area is 147 Å². The summed E-state index contributed by atoms with van der Waals surface area (Å²) in [5, 5.41) is 7.13. The van der Waals surface area contributed by atoms with E-state index < -0.39 is 0 Å². The van der Waals surface area contributed by atoms with Crippen LogP contribution in [0.5, 0.6) is 0 Å². The van der Waals surface area contributed by atoms with Gasteiger partial charge in [-0.25, -0.2) is 9.67 Å². The van der Waals surface area contributed by atoms with Crippen molar-refractivity contribution in [3.8, 4) is 0 Å². The van der Waals surface area contributed by atoms with Crippen molar-refractivity contribution in [1.29, 1.82) is 0 Å². The number of carbonyl (C=O) groups is 1. The van der Waals surface area contributed by atoms with E-state index in [0.717, 1.165) is 12.0 Å². The van der Waals surface area contributed by atoms with Crippen LogP contribution in [0.3, 0.4) is 0 Å². The Morgan fingerprint density at radius 1 is 1.12 bits per heavy atom. The second-order valence-corrected chi connectivity index (χ2v) is 6.02. The highest BCUT2D eigenvalue weighted by atomic mass is 16.1. The quantitative estimate of drug-likeness (QED) is 0.721. The van der Waals surface area contributed by atoms with Gasteiger partial charge in [-0.05, 0) is 29.7 Å². The molecule has 0 fully saturated rings. The molecule has 1 heterocycles. The minimum Gasteiger partial charge on any atom is -0.351 e. The molecule has 128 valence electrons. The number of hydrogen-bond donors (Lipinski definition) is 1. The Hall–Kier alpha value is -2.95. The third-order valence-electron chi connectivity index (χ3n) is 4.30. The monoisotopic (exact) mass is 334 g/mol. The summed E-state index contributed by atoms with van der Waals surface area (Å²) in [7, 11) is 0. The van der Waals surface area contributed by atoms with Crippen LogP contribution in [0.25, 0.3) is 0 Å². The highest BCUT2D eigenvalue weighted by Gasteiger charge is 2.12. The summed E-state index contributed by atoms with van der Waals surface area (Å²) in [5.74, 6) is 0.290. The number of hydrogen-bond acceptors (Lipinski definition) is 3. The van der Waals surface area contributed by atoms with Gasteiger partial charge in [0.25, 0.3) is 5.91 Å². The molecule has 5 nitrogen and oxygen atoms in total. The summed E-state index contributed by atoms with van der Waals surface area (Å²) >= 11 is 0. The number of nitrogens with one attached hydrogen (secondary N) is 1. The molecule has 25 heavy (non-hydrogen) atoms. The maximum Gasteiger partial charge on any atom is 0.251 e. The van der Waals surface area contributed by atoms with Gasteiger partial charge < -0.3 is 5.32 Å². The van der Waals surface area contributed by atoms with Crippen molar-refractivity contribution < 1.29 is 4.79 Å². The number of aromatic nitrogens is 3. The van der Waals surface area contributed by atoms with Gasteiger partial charge in [-0.15, -0.1) is 0 Å². The van der Waals surface area contributed by atoms with Crippen LogP contribution in [0.15, 0.2) is 67.3 Å². The van der Waals surface area contributed by atoms with Crippen LogP contribution in [0, 0.1) is 0 Å². The van der Waals surface area contributed by atoms with Gasteiger partial charge in [-0.3, -0.25) is 4.79 Å². The zero-order chi connectivity index (χ0) is 17.5. The van der Waals surface area contributed by atoms with E-state index in [9.17, 15) is 4.79 Å². The second-order valence-electron chi connectivity index (χ2n) is 6.02. The maximum atomic E-state index is 12.4. The van der Waals surface area contributed by atoms with Gasteiger partial charge in [-0.1, -0.05) is 49.4 Å². The lowest BCUT2D eigenvalue weighted by molar-refractivity contribution is 0.0951. The third-order valence-corrected chi connectivity index (χ3v) is 4.30. The molecule has 0 aliphatic rings. The number of amides is 1. The molecule has 0 aliphatic carbocycles. The summed E-state index contributed by atoms with van der Waals surface area (Å²) in [5.41, 5.74) is 3.01. The molecule has 3 rings (SSSR count). The van der Waals surface area contributed by atoms with Gasteiger partial charge in [0.1, 0.15) is 12.7 Å². The van der Waals surface area contributed by atoms with E-state index in [2.05, 4.69) is 34.5 Å². The first kappa shape index (κ1) is 16.9. The Morgan fingerprint density at radius 2 is 1.88 bits per heavy atom. The molecular formula is C20H22N4O. The molecule has 1 atom stereocenters. The molecule has 0 radical (unpaired) electrons. The van der Waals surface area contributed by atoms with Crippen LogP contribution in [0.4, 0.5) is 0 Å². The summed E-state index contributed by atoms with van der Waals surface area (Å²) in [6, 6.07) is 17.9. The molecule has 1 amide bonds. The first-order chi connectivity index (χ1) is 12.3. The Bertz CT molecular complexity index is 782. The van der Waals surface area contributed by atoms with E-state index in [4.69, 9.17) is 0 Å². The SMILES string of the molecule is CC[C@H](CNC(=O)c1ccc(Cn2cncn2)cc1)c1ccccc1. The van der Waals surface area contributed by atoms with Gasteiger partial charge in [0.2, 0.25) is 0 Å². The Morgan fingerprint density at radius 3 is 2.52 bits per heavy atom. The molecule has 5 heteroatoms. The average molecular weight is 334 g/mol. The predicted octanol–water partition coefficient (Wildman–Crippen LogP) is 3.25. The van der Waals surface area contributed by atoms with Crippen molar-refractivity contribution in [2.45, 2.75) is 25.8 Å². The molecule has 0 saturated carbocycles. The molecule has 0 spiro atoms. The number of rotatable bonds is 7. The summed E-state index contributed by atoms with van der Waals surface area (Å²) in [6.07, 6.45) is 4.18. The van der Waals surface area contributed by atoms with E-state index >= 15 is 0 Å². The molecule has 0 bridgehead atoms. The summed E-state index contributed by atoms with van der Waals surface area (Å²) in [6.45, 7) is 3.43. The van der Waals surface area contributed by atoms with Gasteiger partial charge in [0.05, 0.1) is 6.54 Å². The van der Waals surface area contributed by atoms with Crippen LogP contribution < -0.4 is 5.32 Å². The van der Waals surface area contributed by atoms with Crippen molar-refractivity contribution in [3.63, 3.8) is 0 Å². The van der Waals surface area contributed by atoms with E-state index in [1.54, 1.807) is 11.0 Å². The lowest BCUT2D eigenvalue weighted by Gasteiger charge is -2.16. The lowest BCUT2D eigenvalue weighted by Crippen LogP contribution is -2.28. The van der Waals surface area contributed by atoms with Gasteiger partial charge in [0.15, 0.2) is 0 Å². The summed E-state index contributed by atoms with van der Waals surface area (Å²) in [4.78, 5) is 16.3. The fourth-order valence-corrected chi connectivity index (χ4v) is 2.80. The van der Waals surface area contributed by atoms with Gasteiger partial charge in [0, 0.05) is 18.0 Å². The van der Waals surface area contributed by atoms with Crippen LogP contribution in [-0.4, -0.2) is 27.2 Å². The molecule has 1 N–H and O–H groups in total. The number of nitrogens with zero attached hydrogens (tertiary/aromatic N) is 3. The van der Waals surface area contributed by atoms with Crippen LogP contribution in [0.1, 0.15) is 40.7 Å². The lowest BCUT2D eigenvalue weighted by atomic mass is 9.96. The van der Waals surface area contributed by atoms with Gasteiger partial charge in [-0.2, -0.15) is 5.10 Å². The standard InChI is InChI=1S/C20H22N4O/c1-2-17(18-6-4-3-5-7-18)12-22-20(25)19-10-8-16(9-11-19)13-24-15-21-14-23-24/h3-11,14-15,17H,2,12-13H2,1H3,(H,22,25)/t17-/m1/s1. The number of benzene rings is 2. The number of carbonyl (C=O) groups excluding carboxylic acids is 1. The van der Waals surface area contributed by atoms with Crippen LogP contribution in [0.2, 0.25) is 0 Å². The minimum atomic E-state index is -0.0401. The zero-order valence-electron chi connectivity index (χ0n) is 14.3. The Kier molecular flexibility index (Phi) is 5.57. The van der Waals surface area contributed by atoms with Gasteiger partial charge >= 0.3 is 0 Å². The zero-order valence-corrected chi connectivity index (χ0v) is 14.3. The Balaban J connectivity index is 1.57. The van der Waals surface area contributed by atoms with Crippen molar-refractivity contribution in [2.24, 2.45) is 0 Å². The molecule has 0 unspecified atom stereocenters. The molecular weight excluding hydrogens is 312 g/mol. The van der Waals surface area contributed by atoms with Crippen molar-refractivity contribution >= 4 is 5.91 Å². The first-order valence-corrected chi connectivity index (χ1v) is 8.50. The van der Waals surface area contributed by atoms with E-state index in [0.29, 0.717) is 24.6 Å². The molecule has 0 aliphatic heterocycles. The topological polar surface area (TPSA) is 59.8 Å². The predicted molar refractivity (Wildman–Crippen MR) is 97.4 cm³/mol. The van der Waals surface area contributed by atoms with E-state index in [1.807, 2.05) is 42.5 Å². The fraction of sp³-hybridized carbons (Fsp3) is 0.250. The third kappa shape index (κ3) is 4.53. The van der Waals surface area contributed by atoms with Crippen molar-refractivity contribution in [2.75, 3.05) is 6.54 Å². The summed E-state index contributed by atoms with van der Waals surface area (Å²) < 4.78 is 1.75. The normalized spacial score (nSPS) is 11.9. The highest BCUT2D eigenvalue weighted by molar-refractivity contribution is 5.94. The minimum absolute atomic E-state index is 0.0401. The first-order valence-electron chi connectivity index (χ1n) is 8.50. The second kappa shape index (κ2) is 8.24.